The van der Waals surface area contributed by atoms with Crippen LogP contribution in [0.3, 0.4) is 0 Å². The van der Waals surface area contributed by atoms with E-state index in [1.165, 1.54) is 12.8 Å². The largest absolute Gasteiger partial charge is 0.394 e. The zero-order valence-corrected chi connectivity index (χ0v) is 13.8. The zero-order valence-electron chi connectivity index (χ0n) is 13.8. The van der Waals surface area contributed by atoms with Crippen LogP contribution in [0.15, 0.2) is 0 Å². The fraction of sp³-hybridized carbons (Fsp3) is 1.00. The van der Waals surface area contributed by atoms with Gasteiger partial charge >= 0.3 is 0 Å². The Morgan fingerprint density at radius 3 is 1.80 bits per heavy atom. The van der Waals surface area contributed by atoms with Crippen LogP contribution in [0.1, 0.15) is 40.5 Å². The molecule has 20 heavy (non-hydrogen) atoms. The Morgan fingerprint density at radius 2 is 1.40 bits per heavy atom. The van der Waals surface area contributed by atoms with Crippen LogP contribution in [-0.4, -0.2) is 82.7 Å². The molecular weight excluding hydrogens is 256 g/mol. The highest BCUT2D eigenvalue weighted by atomic mass is 16.4. The van der Waals surface area contributed by atoms with Crippen molar-refractivity contribution in [3.8, 4) is 0 Å². The van der Waals surface area contributed by atoms with Gasteiger partial charge in [-0.1, -0.05) is 27.7 Å². The minimum Gasteiger partial charge on any atom is -0.394 e. The van der Waals surface area contributed by atoms with Gasteiger partial charge in [0.2, 0.25) is 0 Å². The molecule has 2 aliphatic rings. The molecule has 0 saturated carbocycles. The first kappa shape index (κ1) is 19.8. The molecule has 2 heterocycles. The molecule has 2 bridgehead atoms. The van der Waals surface area contributed by atoms with Crippen LogP contribution in [-0.2, 0) is 0 Å². The van der Waals surface area contributed by atoms with E-state index in [0.717, 1.165) is 13.1 Å². The van der Waals surface area contributed by atoms with Crippen molar-refractivity contribution in [3.05, 3.63) is 0 Å². The third-order valence-electron chi connectivity index (χ3n) is 4.00. The quantitative estimate of drug-likeness (QED) is 0.705. The lowest BCUT2D eigenvalue weighted by Gasteiger charge is -2.39. The third kappa shape index (κ3) is 5.30. The molecule has 0 amide bonds. The second-order valence-corrected chi connectivity index (χ2v) is 5.09. The second kappa shape index (κ2) is 10.5. The first-order valence-electron chi connectivity index (χ1n) is 8.03. The molecule has 0 spiro atoms. The van der Waals surface area contributed by atoms with Crippen LogP contribution < -0.4 is 0 Å². The summed E-state index contributed by atoms with van der Waals surface area (Å²) in [5.74, 6) is 0. The number of piperazine rings is 1. The van der Waals surface area contributed by atoms with Crippen molar-refractivity contribution in [2.24, 2.45) is 0 Å². The van der Waals surface area contributed by atoms with Crippen molar-refractivity contribution < 1.29 is 15.3 Å². The van der Waals surface area contributed by atoms with Gasteiger partial charge in [0.1, 0.15) is 6.10 Å². The molecular formula is C15H34N2O3. The zero-order chi connectivity index (χ0) is 15.7. The van der Waals surface area contributed by atoms with Gasteiger partial charge in [-0.2, -0.15) is 0 Å². The highest BCUT2D eigenvalue weighted by Crippen LogP contribution is 2.28. The highest BCUT2D eigenvalue weighted by Gasteiger charge is 2.38. The van der Waals surface area contributed by atoms with Crippen molar-refractivity contribution in [3.63, 3.8) is 0 Å². The van der Waals surface area contributed by atoms with E-state index in [1.54, 1.807) is 0 Å². The van der Waals surface area contributed by atoms with Gasteiger partial charge in [0, 0.05) is 31.7 Å². The molecule has 0 aromatic carbocycles. The van der Waals surface area contributed by atoms with Crippen molar-refractivity contribution in [2.75, 3.05) is 33.3 Å². The minimum absolute atomic E-state index is 0.373. The van der Waals surface area contributed by atoms with Gasteiger partial charge in [0.15, 0.2) is 0 Å². The van der Waals surface area contributed by atoms with Gasteiger partial charge in [-0.15, -0.1) is 0 Å². The van der Waals surface area contributed by atoms with Gasteiger partial charge in [0.25, 0.3) is 0 Å². The topological polar surface area (TPSA) is 67.2 Å². The molecule has 0 aromatic rings. The maximum Gasteiger partial charge on any atom is 0.104 e. The standard InChI is InChI=1S/C11H22N2O3.2C2H6/c1-12-8-2-3-9(12)5-13(4-8)6-10(15)11(16)7-14;2*1-2/h8-11,14-16H,2-7H2,1H3;2*1-2H3. The smallest absolute Gasteiger partial charge is 0.104 e. The molecule has 2 fully saturated rings. The molecule has 122 valence electrons. The Balaban J connectivity index is 0.000000829. The summed E-state index contributed by atoms with van der Waals surface area (Å²) in [7, 11) is 2.17. The molecule has 5 heteroatoms. The second-order valence-electron chi connectivity index (χ2n) is 5.09. The fourth-order valence-corrected chi connectivity index (χ4v) is 2.86. The molecule has 3 N–H and O–H groups in total. The summed E-state index contributed by atoms with van der Waals surface area (Å²) in [6, 6.07) is 1.19. The molecule has 0 radical (unpaired) electrons. The minimum atomic E-state index is -1.02. The van der Waals surface area contributed by atoms with E-state index >= 15 is 0 Å². The van der Waals surface area contributed by atoms with Gasteiger partial charge in [-0.05, 0) is 19.9 Å². The molecule has 4 unspecified atom stereocenters. The van der Waals surface area contributed by atoms with Crippen LogP contribution in [0.2, 0.25) is 0 Å². The average molecular weight is 290 g/mol. The number of aliphatic hydroxyl groups is 3. The third-order valence-corrected chi connectivity index (χ3v) is 4.00. The van der Waals surface area contributed by atoms with Crippen LogP contribution in [0.25, 0.3) is 0 Å². The van der Waals surface area contributed by atoms with Crippen molar-refractivity contribution in [1.29, 1.82) is 0 Å². The molecule has 4 atom stereocenters. The number of likely N-dealkylation sites (tertiary alicyclic amines) is 1. The predicted octanol–water partition coefficient (Wildman–Crippen LogP) is 0.531. The van der Waals surface area contributed by atoms with E-state index in [-0.39, 0.29) is 6.61 Å². The van der Waals surface area contributed by atoms with Crippen LogP contribution >= 0.6 is 0 Å². The van der Waals surface area contributed by atoms with Crippen molar-refractivity contribution >= 4 is 0 Å². The predicted molar refractivity (Wildman–Crippen MR) is 82.8 cm³/mol. The normalized spacial score (nSPS) is 28.8. The Kier molecular flexibility index (Phi) is 10.4. The Hall–Kier alpha value is -0.200. The molecule has 0 aromatic heterocycles. The lowest BCUT2D eigenvalue weighted by atomic mass is 10.1. The van der Waals surface area contributed by atoms with Gasteiger partial charge in [-0.25, -0.2) is 0 Å². The van der Waals surface area contributed by atoms with Crippen molar-refractivity contribution in [1.82, 2.24) is 9.80 Å². The van der Waals surface area contributed by atoms with E-state index < -0.39 is 12.2 Å². The number of β-amino-alcohol motifs (C(OH)–C–C–N with tert-alkyl or cyclic N) is 1. The number of rotatable bonds is 4. The molecule has 2 rings (SSSR count). The lowest BCUT2D eigenvalue weighted by molar-refractivity contribution is -0.0397. The summed E-state index contributed by atoms with van der Waals surface area (Å²) >= 11 is 0. The van der Waals surface area contributed by atoms with Crippen LogP contribution in [0.4, 0.5) is 0 Å². The van der Waals surface area contributed by atoms with Gasteiger partial charge < -0.3 is 15.3 Å². The summed E-state index contributed by atoms with van der Waals surface area (Å²) in [6.07, 6.45) is 0.609. The summed E-state index contributed by atoms with van der Waals surface area (Å²) in [5.41, 5.74) is 0. The SMILES string of the molecule is CC.CC.CN1C2CCC1CN(CC(O)C(O)CO)C2. The maximum atomic E-state index is 9.66. The Labute approximate surface area is 124 Å². The Bertz CT molecular complexity index is 227. The number of hydrogen-bond donors (Lipinski definition) is 3. The molecule has 2 aliphatic heterocycles. The number of nitrogens with zero attached hydrogens (tertiary/aromatic N) is 2. The summed E-state index contributed by atoms with van der Waals surface area (Å²) in [5, 5.41) is 27.7. The van der Waals surface area contributed by atoms with E-state index in [2.05, 4.69) is 16.8 Å². The van der Waals surface area contributed by atoms with E-state index in [4.69, 9.17) is 5.11 Å². The van der Waals surface area contributed by atoms with E-state index in [9.17, 15) is 10.2 Å². The molecule has 5 nitrogen and oxygen atoms in total. The van der Waals surface area contributed by atoms with Gasteiger partial charge in [-0.3, -0.25) is 9.80 Å². The monoisotopic (exact) mass is 290 g/mol. The van der Waals surface area contributed by atoms with E-state index in [0.29, 0.717) is 18.6 Å². The maximum absolute atomic E-state index is 9.66. The fourth-order valence-electron chi connectivity index (χ4n) is 2.86. The summed E-state index contributed by atoms with van der Waals surface area (Å²) in [6.45, 7) is 10.0. The number of hydrogen-bond acceptors (Lipinski definition) is 5. The first-order valence-corrected chi connectivity index (χ1v) is 8.03. The summed E-state index contributed by atoms with van der Waals surface area (Å²) < 4.78 is 0. The van der Waals surface area contributed by atoms with Crippen molar-refractivity contribution in [2.45, 2.75) is 64.8 Å². The summed E-state index contributed by atoms with van der Waals surface area (Å²) in [4.78, 5) is 4.62. The van der Waals surface area contributed by atoms with E-state index in [1.807, 2.05) is 27.7 Å². The number of likely N-dealkylation sites (N-methyl/N-ethyl adjacent to an activating group) is 1. The first-order chi connectivity index (χ1) is 9.61. The molecule has 2 saturated heterocycles. The van der Waals surface area contributed by atoms with Crippen LogP contribution in [0, 0.1) is 0 Å². The average Bonchev–Trinajstić information content (AvgIpc) is 2.72. The lowest BCUT2D eigenvalue weighted by Crippen LogP contribution is -2.54. The number of aliphatic hydroxyl groups excluding tert-OH is 3. The molecule has 0 aliphatic carbocycles. The Morgan fingerprint density at radius 1 is 0.950 bits per heavy atom. The highest BCUT2D eigenvalue weighted by molar-refractivity contribution is 4.94. The van der Waals surface area contributed by atoms with Gasteiger partial charge in [0.05, 0.1) is 12.7 Å². The van der Waals surface area contributed by atoms with Crippen LogP contribution in [0.5, 0.6) is 0 Å². The number of fused-ring (bicyclic) bond motifs is 2.